The molecule has 2 aromatic rings. The van der Waals surface area contributed by atoms with Crippen LogP contribution >= 0.6 is 0 Å². The molecule has 5 nitrogen and oxygen atoms in total. The molecule has 0 saturated carbocycles. The number of hydrogen-bond donors (Lipinski definition) is 0. The number of hydrogen-bond acceptors (Lipinski definition) is 5. The van der Waals surface area contributed by atoms with Gasteiger partial charge in [-0.2, -0.15) is 0 Å². The summed E-state index contributed by atoms with van der Waals surface area (Å²) in [5, 5.41) is 0. The molecular formula is C28H35NO4. The summed E-state index contributed by atoms with van der Waals surface area (Å²) in [7, 11) is 5.46. The van der Waals surface area contributed by atoms with Crippen LogP contribution in [-0.4, -0.2) is 44.7 Å². The molecule has 2 atom stereocenters. The van der Waals surface area contributed by atoms with Gasteiger partial charge in [0.1, 0.15) is 5.76 Å². The molecule has 33 heavy (non-hydrogen) atoms. The van der Waals surface area contributed by atoms with Crippen molar-refractivity contribution in [1.29, 1.82) is 0 Å². The molecule has 1 heterocycles. The van der Waals surface area contributed by atoms with Crippen molar-refractivity contribution in [2.24, 2.45) is 0 Å². The van der Waals surface area contributed by atoms with Gasteiger partial charge in [0.15, 0.2) is 11.5 Å². The Balaban J connectivity index is 1.57. The average molecular weight is 450 g/mol. The van der Waals surface area contributed by atoms with Gasteiger partial charge in [0.2, 0.25) is 0 Å². The third-order valence-corrected chi connectivity index (χ3v) is 7.28. The fraction of sp³-hybridized carbons (Fsp3) is 0.464. The first-order chi connectivity index (χ1) is 15.7. The molecular weight excluding hydrogens is 414 g/mol. The van der Waals surface area contributed by atoms with Gasteiger partial charge in [-0.25, -0.2) is 4.79 Å². The highest BCUT2D eigenvalue weighted by Gasteiger charge is 2.48. The molecule has 0 spiro atoms. The van der Waals surface area contributed by atoms with E-state index >= 15 is 0 Å². The molecule has 1 saturated heterocycles. The molecule has 2 aliphatic rings. The van der Waals surface area contributed by atoms with Crippen molar-refractivity contribution in [3.8, 4) is 11.5 Å². The highest BCUT2D eigenvalue weighted by molar-refractivity contribution is 5.90. The Labute approximate surface area is 197 Å². The summed E-state index contributed by atoms with van der Waals surface area (Å²) >= 11 is 0. The van der Waals surface area contributed by atoms with Gasteiger partial charge in [-0.3, -0.25) is 4.90 Å². The molecule has 0 aromatic heterocycles. The number of allylic oxidation sites excluding steroid dienone is 1. The third-order valence-electron chi connectivity index (χ3n) is 7.28. The Hall–Kier alpha value is -2.79. The minimum Gasteiger partial charge on any atom is -0.493 e. The molecule has 0 bridgehead atoms. The molecule has 2 aromatic carbocycles. The topological polar surface area (TPSA) is 48.0 Å². The van der Waals surface area contributed by atoms with E-state index in [9.17, 15) is 4.79 Å². The predicted octanol–water partition coefficient (Wildman–Crippen LogP) is 5.48. The first kappa shape index (κ1) is 23.4. The molecule has 176 valence electrons. The lowest BCUT2D eigenvalue weighted by molar-refractivity contribution is 0.0593. The largest absolute Gasteiger partial charge is 0.493 e. The predicted molar refractivity (Wildman–Crippen MR) is 130 cm³/mol. The van der Waals surface area contributed by atoms with Gasteiger partial charge in [-0.05, 0) is 73.3 Å². The van der Waals surface area contributed by atoms with Crippen molar-refractivity contribution in [3.05, 3.63) is 71.0 Å². The van der Waals surface area contributed by atoms with Crippen LogP contribution in [0.1, 0.15) is 61.5 Å². The van der Waals surface area contributed by atoms with E-state index in [1.165, 1.54) is 11.1 Å². The van der Waals surface area contributed by atoms with Gasteiger partial charge in [-0.15, -0.1) is 0 Å². The zero-order valence-corrected chi connectivity index (χ0v) is 20.6. The quantitative estimate of drug-likeness (QED) is 0.566. The van der Waals surface area contributed by atoms with E-state index in [1.54, 1.807) is 14.2 Å². The molecule has 1 aliphatic carbocycles. The number of esters is 1. The number of rotatable bonds is 5. The molecule has 4 rings (SSSR count). The van der Waals surface area contributed by atoms with E-state index in [2.05, 4.69) is 50.9 Å². The van der Waals surface area contributed by atoms with Gasteiger partial charge in [0, 0.05) is 17.9 Å². The maximum Gasteiger partial charge on any atom is 0.343 e. The Morgan fingerprint density at radius 3 is 2.33 bits per heavy atom. The number of fused-ring (bicyclic) bond motifs is 1. The van der Waals surface area contributed by atoms with Crippen molar-refractivity contribution in [2.75, 3.05) is 27.8 Å². The van der Waals surface area contributed by atoms with Crippen molar-refractivity contribution in [2.45, 2.75) is 56.9 Å². The lowest BCUT2D eigenvalue weighted by atomic mass is 9.68. The molecule has 0 radical (unpaired) electrons. The Morgan fingerprint density at radius 1 is 1.00 bits per heavy atom. The lowest BCUT2D eigenvalue weighted by Crippen LogP contribution is -2.42. The minimum absolute atomic E-state index is 0.0292. The second-order valence-corrected chi connectivity index (χ2v) is 10.3. The summed E-state index contributed by atoms with van der Waals surface area (Å²) in [5.74, 6) is 1.95. The number of likely N-dealkylation sites (tertiary alicyclic amines) is 1. The fourth-order valence-electron chi connectivity index (χ4n) is 5.22. The van der Waals surface area contributed by atoms with E-state index in [0.29, 0.717) is 5.56 Å². The van der Waals surface area contributed by atoms with Gasteiger partial charge in [0.25, 0.3) is 0 Å². The number of likely N-dealkylation sites (N-methyl/N-ethyl adjacent to an activating group) is 1. The van der Waals surface area contributed by atoms with Crippen LogP contribution in [0.15, 0.2) is 54.3 Å². The molecule has 5 heteroatoms. The third kappa shape index (κ3) is 4.39. The molecule has 1 aliphatic heterocycles. The Morgan fingerprint density at radius 2 is 1.70 bits per heavy atom. The van der Waals surface area contributed by atoms with Crippen molar-refractivity contribution < 1.29 is 19.0 Å². The number of carbonyl (C=O) groups is 1. The highest BCUT2D eigenvalue weighted by Crippen LogP contribution is 2.49. The van der Waals surface area contributed by atoms with Crippen molar-refractivity contribution in [1.82, 2.24) is 4.90 Å². The normalized spacial score (nSPS) is 23.0. The second-order valence-electron chi connectivity index (χ2n) is 10.3. The van der Waals surface area contributed by atoms with Crippen LogP contribution in [0.5, 0.6) is 11.5 Å². The standard InChI is InChI=1S/C28H35NO4/c1-27(2,3)20-9-7-19(8-10-20)26(30)33-22-13-14-28(15-16-29(4)25(28)18-22)21-11-12-23(31-5)24(17-21)32-6/h7-12,17-18,25H,13-16H2,1-6H3. The molecule has 1 fully saturated rings. The van der Waals surface area contributed by atoms with E-state index in [0.717, 1.165) is 43.1 Å². The maximum atomic E-state index is 12.8. The van der Waals surface area contributed by atoms with Crippen LogP contribution in [0.2, 0.25) is 0 Å². The summed E-state index contributed by atoms with van der Waals surface area (Å²) in [4.78, 5) is 15.2. The van der Waals surface area contributed by atoms with Gasteiger partial charge in [0.05, 0.1) is 19.8 Å². The number of carbonyl (C=O) groups excluding carboxylic acids is 1. The minimum atomic E-state index is -0.291. The Kier molecular flexibility index (Phi) is 6.28. The summed E-state index contributed by atoms with van der Waals surface area (Å²) in [5.41, 5.74) is 3.05. The summed E-state index contributed by atoms with van der Waals surface area (Å²) in [6.07, 6.45) is 4.84. The zero-order chi connectivity index (χ0) is 23.8. The van der Waals surface area contributed by atoms with E-state index in [-0.39, 0.29) is 22.8 Å². The van der Waals surface area contributed by atoms with Crippen LogP contribution < -0.4 is 9.47 Å². The molecule has 2 unspecified atom stereocenters. The zero-order valence-electron chi connectivity index (χ0n) is 20.6. The van der Waals surface area contributed by atoms with Crippen LogP contribution in [0.25, 0.3) is 0 Å². The van der Waals surface area contributed by atoms with E-state index in [4.69, 9.17) is 14.2 Å². The molecule has 0 N–H and O–H groups in total. The summed E-state index contributed by atoms with van der Waals surface area (Å²) in [6.45, 7) is 7.48. The van der Waals surface area contributed by atoms with Gasteiger partial charge in [-0.1, -0.05) is 39.0 Å². The van der Waals surface area contributed by atoms with Crippen molar-refractivity contribution in [3.63, 3.8) is 0 Å². The van der Waals surface area contributed by atoms with Crippen LogP contribution in [0, 0.1) is 0 Å². The fourth-order valence-corrected chi connectivity index (χ4v) is 5.22. The van der Waals surface area contributed by atoms with Gasteiger partial charge < -0.3 is 14.2 Å². The first-order valence-corrected chi connectivity index (χ1v) is 11.6. The summed E-state index contributed by atoms with van der Waals surface area (Å²) < 4.78 is 16.9. The Bertz CT molecular complexity index is 1050. The number of nitrogens with zero attached hydrogens (tertiary/aromatic N) is 1. The van der Waals surface area contributed by atoms with Crippen LogP contribution in [0.4, 0.5) is 0 Å². The van der Waals surface area contributed by atoms with Gasteiger partial charge >= 0.3 is 5.97 Å². The maximum absolute atomic E-state index is 12.8. The van der Waals surface area contributed by atoms with Crippen LogP contribution in [0.3, 0.4) is 0 Å². The smallest absolute Gasteiger partial charge is 0.343 e. The average Bonchev–Trinajstić information content (AvgIpc) is 3.15. The number of ether oxygens (including phenoxy) is 3. The number of benzene rings is 2. The van der Waals surface area contributed by atoms with Crippen LogP contribution in [-0.2, 0) is 15.6 Å². The van der Waals surface area contributed by atoms with E-state index < -0.39 is 0 Å². The van der Waals surface area contributed by atoms with Crippen molar-refractivity contribution >= 4 is 5.97 Å². The number of methoxy groups -OCH3 is 2. The monoisotopic (exact) mass is 449 g/mol. The molecule has 0 amide bonds. The second kappa shape index (κ2) is 8.86. The lowest BCUT2D eigenvalue weighted by Gasteiger charge is -2.40. The van der Waals surface area contributed by atoms with E-state index in [1.807, 2.05) is 30.3 Å². The first-order valence-electron chi connectivity index (χ1n) is 11.6. The SMILES string of the molecule is COc1ccc(C23CCC(OC(=O)c4ccc(C(C)(C)C)cc4)=CC2N(C)CC3)cc1OC. The summed E-state index contributed by atoms with van der Waals surface area (Å²) in [6, 6.07) is 14.2. The highest BCUT2D eigenvalue weighted by atomic mass is 16.5.